The highest BCUT2D eigenvalue weighted by atomic mass is 32.1. The van der Waals surface area contributed by atoms with Crippen LogP contribution in [0.15, 0.2) is 0 Å². The topological polar surface area (TPSA) is 71.7 Å². The van der Waals surface area contributed by atoms with Crippen molar-refractivity contribution in [3.8, 4) is 0 Å². The van der Waals surface area contributed by atoms with E-state index < -0.39 is 0 Å². The van der Waals surface area contributed by atoms with E-state index in [0.717, 1.165) is 18.1 Å². The van der Waals surface area contributed by atoms with Gasteiger partial charge in [0.15, 0.2) is 5.13 Å². The van der Waals surface area contributed by atoms with Gasteiger partial charge in [-0.1, -0.05) is 18.3 Å². The van der Waals surface area contributed by atoms with E-state index in [2.05, 4.69) is 11.9 Å². The molecule has 1 rings (SSSR count). The van der Waals surface area contributed by atoms with Gasteiger partial charge >= 0.3 is 0 Å². The van der Waals surface area contributed by atoms with Crippen molar-refractivity contribution < 1.29 is 9.53 Å². The van der Waals surface area contributed by atoms with Crippen molar-refractivity contribution >= 4 is 28.2 Å². The van der Waals surface area contributed by atoms with Crippen molar-refractivity contribution in [1.82, 2.24) is 9.88 Å². The molecule has 0 saturated heterocycles. The molecule has 0 saturated carbocycles. The fraction of sp³-hybridized carbons (Fsp3) is 0.714. The molecule has 0 aliphatic carbocycles. The van der Waals surface area contributed by atoms with E-state index in [0.29, 0.717) is 37.0 Å². The number of thiazole rings is 1. The van der Waals surface area contributed by atoms with Gasteiger partial charge in [0, 0.05) is 33.3 Å². The zero-order valence-corrected chi connectivity index (χ0v) is 14.2. The van der Waals surface area contributed by atoms with Gasteiger partial charge in [0.2, 0.25) is 0 Å². The third kappa shape index (κ3) is 4.86. The molecule has 7 heteroatoms. The predicted molar refractivity (Wildman–Crippen MR) is 88.2 cm³/mol. The molecule has 0 aliphatic rings. The standard InChI is InChI=1S/C14H26N4O2S/c1-5-8-17(4)14-16-12(15)11(21-14)13(19)18(6-2)9-10-20-7-3/h5-10,15H2,1-4H3. The van der Waals surface area contributed by atoms with Crippen molar-refractivity contribution in [3.63, 3.8) is 0 Å². The first kappa shape index (κ1) is 17.7. The Bertz CT molecular complexity index is 450. The van der Waals surface area contributed by atoms with Crippen molar-refractivity contribution in [2.45, 2.75) is 27.2 Å². The Kier molecular flexibility index (Phi) is 7.45. The van der Waals surface area contributed by atoms with Crippen molar-refractivity contribution in [2.24, 2.45) is 0 Å². The number of nitrogens with zero attached hydrogens (tertiary/aromatic N) is 3. The number of hydrogen-bond donors (Lipinski definition) is 1. The van der Waals surface area contributed by atoms with Gasteiger partial charge in [-0.2, -0.15) is 0 Å². The van der Waals surface area contributed by atoms with Crippen molar-refractivity contribution in [1.29, 1.82) is 0 Å². The van der Waals surface area contributed by atoms with Crippen LogP contribution < -0.4 is 10.6 Å². The Morgan fingerprint density at radius 1 is 1.33 bits per heavy atom. The molecule has 0 unspecified atom stereocenters. The van der Waals surface area contributed by atoms with Crippen LogP contribution in [-0.4, -0.2) is 55.7 Å². The second-order valence-corrected chi connectivity index (χ2v) is 5.69. The summed E-state index contributed by atoms with van der Waals surface area (Å²) in [5, 5.41) is 0.790. The van der Waals surface area contributed by atoms with Crippen LogP contribution in [0.3, 0.4) is 0 Å². The Morgan fingerprint density at radius 2 is 2.05 bits per heavy atom. The highest BCUT2D eigenvalue weighted by Crippen LogP contribution is 2.28. The molecule has 6 nitrogen and oxygen atoms in total. The number of carbonyl (C=O) groups excluding carboxylic acids is 1. The smallest absolute Gasteiger partial charge is 0.267 e. The number of nitrogens with two attached hydrogens (primary N) is 1. The van der Waals surface area contributed by atoms with Crippen LogP contribution in [0.5, 0.6) is 0 Å². The molecule has 1 aromatic heterocycles. The largest absolute Gasteiger partial charge is 0.382 e. The maximum absolute atomic E-state index is 12.5. The summed E-state index contributed by atoms with van der Waals surface area (Å²) >= 11 is 1.36. The number of rotatable bonds is 9. The molecule has 21 heavy (non-hydrogen) atoms. The number of likely N-dealkylation sites (N-methyl/N-ethyl adjacent to an activating group) is 1. The summed E-state index contributed by atoms with van der Waals surface area (Å²) in [5.41, 5.74) is 5.92. The predicted octanol–water partition coefficient (Wildman–Crippen LogP) is 2.07. The number of carbonyl (C=O) groups is 1. The van der Waals surface area contributed by atoms with Crippen LogP contribution in [0.1, 0.15) is 36.9 Å². The van der Waals surface area contributed by atoms with Crippen LogP contribution in [0.2, 0.25) is 0 Å². The lowest BCUT2D eigenvalue weighted by molar-refractivity contribution is 0.0674. The first-order valence-electron chi connectivity index (χ1n) is 7.39. The monoisotopic (exact) mass is 314 g/mol. The average molecular weight is 314 g/mol. The lowest BCUT2D eigenvalue weighted by Crippen LogP contribution is -2.33. The highest BCUT2D eigenvalue weighted by Gasteiger charge is 2.22. The Balaban J connectivity index is 2.80. The van der Waals surface area contributed by atoms with E-state index >= 15 is 0 Å². The summed E-state index contributed by atoms with van der Waals surface area (Å²) in [6.45, 7) is 9.27. The van der Waals surface area contributed by atoms with E-state index in [4.69, 9.17) is 10.5 Å². The minimum absolute atomic E-state index is 0.0663. The quantitative estimate of drug-likeness (QED) is 0.707. The van der Waals surface area contributed by atoms with Crippen molar-refractivity contribution in [2.75, 3.05) is 50.5 Å². The zero-order valence-electron chi connectivity index (χ0n) is 13.4. The SMILES string of the molecule is CCCN(C)c1nc(N)c(C(=O)N(CC)CCOCC)s1. The van der Waals surface area contributed by atoms with Gasteiger partial charge in [0.05, 0.1) is 6.61 Å². The van der Waals surface area contributed by atoms with E-state index in [1.54, 1.807) is 4.90 Å². The first-order chi connectivity index (χ1) is 10.0. The summed E-state index contributed by atoms with van der Waals surface area (Å²) in [5.74, 6) is 0.251. The number of nitrogen functional groups attached to an aromatic ring is 1. The Hall–Kier alpha value is -1.34. The van der Waals surface area contributed by atoms with Crippen molar-refractivity contribution in [3.05, 3.63) is 4.88 Å². The fourth-order valence-corrected chi connectivity index (χ4v) is 2.87. The number of amides is 1. The minimum Gasteiger partial charge on any atom is -0.382 e. The second-order valence-electron chi connectivity index (χ2n) is 4.71. The summed E-state index contributed by atoms with van der Waals surface area (Å²) in [6, 6.07) is 0. The molecule has 1 aromatic rings. The lowest BCUT2D eigenvalue weighted by atomic mass is 10.4. The van der Waals surface area contributed by atoms with Gasteiger partial charge < -0.3 is 20.3 Å². The van der Waals surface area contributed by atoms with Gasteiger partial charge in [-0.3, -0.25) is 4.79 Å². The number of aromatic nitrogens is 1. The summed E-state index contributed by atoms with van der Waals surface area (Å²) < 4.78 is 5.31. The molecule has 0 spiro atoms. The van der Waals surface area contributed by atoms with Gasteiger partial charge in [0.1, 0.15) is 10.7 Å². The molecule has 0 atom stereocenters. The minimum atomic E-state index is -0.0663. The van der Waals surface area contributed by atoms with Gasteiger partial charge in [0.25, 0.3) is 5.91 Å². The molecular formula is C14H26N4O2S. The third-order valence-electron chi connectivity index (χ3n) is 3.10. The molecule has 2 N–H and O–H groups in total. The summed E-state index contributed by atoms with van der Waals surface area (Å²) in [4.78, 5) is 21.1. The highest BCUT2D eigenvalue weighted by molar-refractivity contribution is 7.18. The molecule has 0 aromatic carbocycles. The first-order valence-corrected chi connectivity index (χ1v) is 8.21. The van der Waals surface area contributed by atoms with Crippen LogP contribution in [-0.2, 0) is 4.74 Å². The molecular weight excluding hydrogens is 288 g/mol. The van der Waals surface area contributed by atoms with E-state index in [1.807, 2.05) is 25.8 Å². The molecule has 0 radical (unpaired) electrons. The molecule has 0 aliphatic heterocycles. The second kappa shape index (κ2) is 8.84. The summed E-state index contributed by atoms with van der Waals surface area (Å²) in [7, 11) is 1.96. The van der Waals surface area contributed by atoms with Gasteiger partial charge in [-0.25, -0.2) is 4.98 Å². The molecule has 0 bridgehead atoms. The van der Waals surface area contributed by atoms with E-state index in [1.165, 1.54) is 11.3 Å². The van der Waals surface area contributed by atoms with Gasteiger partial charge in [-0.15, -0.1) is 0 Å². The Morgan fingerprint density at radius 3 is 2.62 bits per heavy atom. The molecule has 120 valence electrons. The number of anilines is 2. The summed E-state index contributed by atoms with van der Waals surface area (Å²) in [6.07, 6.45) is 1.02. The Labute approximate surface area is 130 Å². The van der Waals surface area contributed by atoms with E-state index in [-0.39, 0.29) is 5.91 Å². The van der Waals surface area contributed by atoms with Crippen LogP contribution >= 0.6 is 11.3 Å². The molecule has 1 heterocycles. The normalized spacial score (nSPS) is 10.7. The van der Waals surface area contributed by atoms with Gasteiger partial charge in [-0.05, 0) is 20.3 Å². The zero-order chi connectivity index (χ0) is 15.8. The van der Waals surface area contributed by atoms with Crippen LogP contribution in [0.4, 0.5) is 10.9 Å². The fourth-order valence-electron chi connectivity index (χ4n) is 1.93. The maximum atomic E-state index is 12.5. The average Bonchev–Trinajstić information content (AvgIpc) is 2.85. The van der Waals surface area contributed by atoms with Crippen LogP contribution in [0.25, 0.3) is 0 Å². The van der Waals surface area contributed by atoms with E-state index in [9.17, 15) is 4.79 Å². The maximum Gasteiger partial charge on any atom is 0.267 e. The van der Waals surface area contributed by atoms with Crippen LogP contribution in [0, 0.1) is 0 Å². The number of hydrogen-bond acceptors (Lipinski definition) is 6. The molecule has 1 amide bonds. The lowest BCUT2D eigenvalue weighted by Gasteiger charge is -2.20. The third-order valence-corrected chi connectivity index (χ3v) is 4.27. The molecule has 0 fully saturated rings. The number of ether oxygens (including phenoxy) is 1.